The maximum atomic E-state index is 12.7. The smallest absolute Gasteiger partial charge is 0.328 e. The number of amides is 2. The Morgan fingerprint density at radius 2 is 1.68 bits per heavy atom. The topological polar surface area (TPSA) is 187 Å². The van der Waals surface area contributed by atoms with E-state index in [4.69, 9.17) is 11.5 Å². The van der Waals surface area contributed by atoms with E-state index in [9.17, 15) is 27.6 Å². The Morgan fingerprint density at radius 3 is 2.38 bits per heavy atom. The minimum Gasteiger partial charge on any atom is -0.387 e. The summed E-state index contributed by atoms with van der Waals surface area (Å²) in [6.45, 7) is 0.811. The zero-order valence-electron chi connectivity index (χ0n) is 21.5. The number of fused-ring (bicyclic) bond motifs is 2. The molecular weight excluding hydrogens is 536 g/mol. The molecule has 11 nitrogen and oxygen atoms in total. The first-order chi connectivity index (χ1) is 18.9. The van der Waals surface area contributed by atoms with Crippen LogP contribution in [0.5, 0.6) is 0 Å². The van der Waals surface area contributed by atoms with Gasteiger partial charge in [-0.05, 0) is 77.9 Å². The number of hydrogen-bond donors (Lipinski definition) is 4. The molecule has 0 bridgehead atoms. The maximum Gasteiger partial charge on any atom is 0.328 e. The summed E-state index contributed by atoms with van der Waals surface area (Å²) in [5.41, 5.74) is 13.2. The third-order valence-electron chi connectivity index (χ3n) is 6.32. The summed E-state index contributed by atoms with van der Waals surface area (Å²) in [5.74, 6) is -1.05. The lowest BCUT2D eigenvalue weighted by atomic mass is 10.0. The molecule has 2 amide bonds. The second kappa shape index (κ2) is 11.4. The molecule has 2 heterocycles. The zero-order chi connectivity index (χ0) is 29.0. The highest BCUT2D eigenvalue weighted by atomic mass is 32.2. The summed E-state index contributed by atoms with van der Waals surface area (Å²) >= 11 is 0. The third kappa shape index (κ3) is 6.35. The molecule has 0 atom stereocenters. The molecule has 6 N–H and O–H groups in total. The van der Waals surface area contributed by atoms with Gasteiger partial charge < -0.3 is 21.8 Å². The Balaban J connectivity index is 0.000000236. The number of aromatic nitrogens is 2. The van der Waals surface area contributed by atoms with Crippen molar-refractivity contribution >= 4 is 38.6 Å². The number of rotatable bonds is 6. The van der Waals surface area contributed by atoms with Gasteiger partial charge in [0.25, 0.3) is 5.56 Å². The van der Waals surface area contributed by atoms with Gasteiger partial charge in [-0.3, -0.25) is 19.0 Å². The van der Waals surface area contributed by atoms with E-state index in [0.29, 0.717) is 16.6 Å². The van der Waals surface area contributed by atoms with Gasteiger partial charge in [-0.1, -0.05) is 18.2 Å². The standard InChI is InChI=1S/C18H17N3O5S.C10H10N2O/c1-27(25,26)13-4-2-3-11(9-13)7-8-21-17(23)14-10-12(16(19)22)5-6-15(14)20-18(21)24;11-10(13)8-2-1-7-3-4-12-6-9(7)5-8/h2-6,9-10H,7-8H2,1H3,(H2,19,22)(H,20,24);1-5,12H,6H2,(H2,11,13)/i;12+2. The van der Waals surface area contributed by atoms with Crippen molar-refractivity contribution in [1.29, 1.82) is 0 Å². The van der Waals surface area contributed by atoms with Crippen molar-refractivity contribution in [1.82, 2.24) is 14.9 Å². The second-order valence-corrected chi connectivity index (χ2v) is 11.2. The van der Waals surface area contributed by atoms with Gasteiger partial charge in [0.2, 0.25) is 11.8 Å². The Hall–Kier alpha value is -4.97. The maximum absolute atomic E-state index is 12.7. The fraction of sp³-hybridized carbons (Fsp3) is 0.143. The van der Waals surface area contributed by atoms with E-state index in [0.717, 1.165) is 28.5 Å². The van der Waals surface area contributed by atoms with Crippen molar-refractivity contribution in [2.24, 2.45) is 11.5 Å². The van der Waals surface area contributed by atoms with Gasteiger partial charge in [-0.15, -0.1) is 0 Å². The summed E-state index contributed by atoms with van der Waals surface area (Å²) in [6.07, 6.45) is 5.27. The lowest BCUT2D eigenvalue weighted by Gasteiger charge is -2.12. The van der Waals surface area contributed by atoms with Crippen molar-refractivity contribution in [3.05, 3.63) is 116 Å². The molecule has 1 aliphatic heterocycles. The number of carbonyl (C=O) groups is 2. The predicted octanol–water partition coefficient (Wildman–Crippen LogP) is 1.29. The molecular formula is C28H27N5O6S. The van der Waals surface area contributed by atoms with Crippen LogP contribution >= 0.6 is 0 Å². The number of aryl methyl sites for hydroxylation is 1. The Morgan fingerprint density at radius 1 is 0.975 bits per heavy atom. The molecule has 3 aromatic carbocycles. The average molecular weight is 564 g/mol. The molecule has 12 heteroatoms. The SMILES string of the molecule is CS(=O)(=O)c1cccc(CCn2c(=O)[nH]c3ccc(C(N)=O)cc3c2=O)c1.NC(=O)c1ccc2c(c1)C[16NH]C=C2. The summed E-state index contributed by atoms with van der Waals surface area (Å²) in [6, 6.07) is 16.0. The van der Waals surface area contributed by atoms with Crippen LogP contribution in [0.15, 0.2) is 81.3 Å². The molecule has 5 rings (SSSR count). The molecule has 1 aromatic heterocycles. The van der Waals surface area contributed by atoms with Crippen molar-refractivity contribution < 1.29 is 18.0 Å². The van der Waals surface area contributed by atoms with E-state index in [2.05, 4.69) is 10.3 Å². The molecule has 4 aromatic rings. The first-order valence-corrected chi connectivity index (χ1v) is 14.0. The van der Waals surface area contributed by atoms with E-state index < -0.39 is 27.0 Å². The summed E-state index contributed by atoms with van der Waals surface area (Å²) < 4.78 is 24.3. The minimum absolute atomic E-state index is 0.0537. The van der Waals surface area contributed by atoms with Gasteiger partial charge >= 0.3 is 5.69 Å². The molecule has 0 unspecified atom stereocenters. The first-order valence-electron chi connectivity index (χ1n) is 12.1. The van der Waals surface area contributed by atoms with Crippen LogP contribution in [0.2, 0.25) is 0 Å². The van der Waals surface area contributed by atoms with Crippen LogP contribution in [0.4, 0.5) is 0 Å². The van der Waals surface area contributed by atoms with Crippen LogP contribution in [0.25, 0.3) is 17.0 Å². The van der Waals surface area contributed by atoms with E-state index in [-0.39, 0.29) is 34.7 Å². The number of benzene rings is 3. The zero-order valence-corrected chi connectivity index (χ0v) is 22.3. The predicted molar refractivity (Wildman–Crippen MR) is 151 cm³/mol. The number of aromatic amines is 1. The first kappa shape index (κ1) is 28.0. The Labute approximate surface area is 229 Å². The monoisotopic (exact) mass is 563 g/mol. The molecule has 206 valence electrons. The molecule has 0 saturated heterocycles. The van der Waals surface area contributed by atoms with Crippen LogP contribution in [-0.4, -0.2) is 36.0 Å². The molecule has 1 aliphatic rings. The van der Waals surface area contributed by atoms with Crippen molar-refractivity contribution in [3.8, 4) is 0 Å². The Bertz CT molecular complexity index is 1890. The van der Waals surface area contributed by atoms with Gasteiger partial charge in [-0.2, -0.15) is 0 Å². The highest BCUT2D eigenvalue weighted by molar-refractivity contribution is 7.90. The highest BCUT2D eigenvalue weighted by Gasteiger charge is 2.12. The fourth-order valence-corrected chi connectivity index (χ4v) is 4.86. The molecule has 0 aliphatic carbocycles. The molecule has 0 saturated carbocycles. The number of nitrogens with one attached hydrogen (secondary N) is 2. The van der Waals surface area contributed by atoms with Gasteiger partial charge in [0, 0.05) is 30.5 Å². The van der Waals surface area contributed by atoms with Gasteiger partial charge in [0.15, 0.2) is 9.84 Å². The average Bonchev–Trinajstić information content (AvgIpc) is 2.92. The largest absolute Gasteiger partial charge is 0.387 e. The molecule has 0 spiro atoms. The second-order valence-electron chi connectivity index (χ2n) is 9.17. The van der Waals surface area contributed by atoms with E-state index in [1.807, 2.05) is 24.4 Å². The summed E-state index contributed by atoms with van der Waals surface area (Å²) in [5, 5.41) is 3.25. The number of hydrogen-bond acceptors (Lipinski definition) is 7. The quantitative estimate of drug-likeness (QED) is 0.272. The minimum atomic E-state index is -3.35. The number of sulfone groups is 1. The summed E-state index contributed by atoms with van der Waals surface area (Å²) in [4.78, 5) is 49.9. The van der Waals surface area contributed by atoms with Gasteiger partial charge in [0.05, 0.1) is 15.8 Å². The number of H-pyrrole nitrogens is 1. The molecule has 0 fully saturated rings. The number of nitrogens with zero attached hydrogens (tertiary/aromatic N) is 1. The highest BCUT2D eigenvalue weighted by Crippen LogP contribution is 2.16. The third-order valence-corrected chi connectivity index (χ3v) is 7.43. The lowest BCUT2D eigenvalue weighted by Crippen LogP contribution is -2.35. The van der Waals surface area contributed by atoms with Crippen LogP contribution in [0, 0.1) is 0 Å². The lowest BCUT2D eigenvalue weighted by molar-refractivity contribution is 0.0992. The fourth-order valence-electron chi connectivity index (χ4n) is 4.17. The number of nitrogens with two attached hydrogens (primary N) is 2. The molecule has 40 heavy (non-hydrogen) atoms. The van der Waals surface area contributed by atoms with Crippen molar-refractivity contribution in [2.45, 2.75) is 24.4 Å². The van der Waals surface area contributed by atoms with Crippen LogP contribution in [0.3, 0.4) is 0 Å². The van der Waals surface area contributed by atoms with Crippen LogP contribution in [0.1, 0.15) is 37.4 Å². The van der Waals surface area contributed by atoms with E-state index in [1.54, 1.807) is 18.2 Å². The van der Waals surface area contributed by atoms with E-state index >= 15 is 0 Å². The molecule has 0 radical (unpaired) electrons. The Kier molecular flexibility index (Phi) is 8.00. The van der Waals surface area contributed by atoms with Gasteiger partial charge in [0.1, 0.15) is 0 Å². The van der Waals surface area contributed by atoms with Crippen molar-refractivity contribution in [3.63, 3.8) is 0 Å². The van der Waals surface area contributed by atoms with Crippen LogP contribution < -0.4 is 28.0 Å². The van der Waals surface area contributed by atoms with Crippen molar-refractivity contribution in [2.75, 3.05) is 6.26 Å². The number of primary amides is 2. The van der Waals surface area contributed by atoms with Crippen LogP contribution in [-0.2, 0) is 29.3 Å². The summed E-state index contributed by atoms with van der Waals surface area (Å²) in [7, 11) is -3.35. The van der Waals surface area contributed by atoms with E-state index in [1.165, 1.54) is 30.3 Å². The normalized spacial score (nSPS) is 12.1. The van der Waals surface area contributed by atoms with Gasteiger partial charge in [-0.25, -0.2) is 13.2 Å². The number of carbonyl (C=O) groups excluding carboxylic acids is 2.